The van der Waals surface area contributed by atoms with E-state index >= 15 is 0 Å². The highest BCUT2D eigenvalue weighted by atomic mass is 15.2. The Morgan fingerprint density at radius 2 is 1.94 bits per heavy atom. The van der Waals surface area contributed by atoms with Crippen molar-refractivity contribution in [3.63, 3.8) is 0 Å². The SMILES string of the molecule is CCCCN(CC)C(CNC1CC1)C(C)C. The van der Waals surface area contributed by atoms with Crippen LogP contribution in [0.1, 0.15) is 53.4 Å². The second-order valence-electron chi connectivity index (χ2n) is 5.48. The van der Waals surface area contributed by atoms with Crippen LogP contribution in [-0.2, 0) is 0 Å². The first-order chi connectivity index (χ1) is 7.69. The zero-order valence-corrected chi connectivity index (χ0v) is 11.6. The molecule has 0 aliphatic heterocycles. The Kier molecular flexibility index (Phi) is 6.37. The molecule has 0 saturated heterocycles. The molecule has 0 bridgehead atoms. The van der Waals surface area contributed by atoms with Gasteiger partial charge in [-0.05, 0) is 38.3 Å². The number of nitrogens with zero attached hydrogens (tertiary/aromatic N) is 1. The summed E-state index contributed by atoms with van der Waals surface area (Å²) in [5.41, 5.74) is 0. The Morgan fingerprint density at radius 3 is 2.38 bits per heavy atom. The van der Waals surface area contributed by atoms with E-state index in [1.54, 1.807) is 0 Å². The van der Waals surface area contributed by atoms with Gasteiger partial charge < -0.3 is 5.32 Å². The average molecular weight is 226 g/mol. The smallest absolute Gasteiger partial charge is 0.0243 e. The summed E-state index contributed by atoms with van der Waals surface area (Å²) in [6.07, 6.45) is 5.43. The van der Waals surface area contributed by atoms with Crippen LogP contribution in [0.5, 0.6) is 0 Å². The quantitative estimate of drug-likeness (QED) is 0.650. The first-order valence-electron chi connectivity index (χ1n) is 7.16. The minimum atomic E-state index is 0.720. The van der Waals surface area contributed by atoms with Gasteiger partial charge in [0, 0.05) is 18.6 Å². The lowest BCUT2D eigenvalue weighted by molar-refractivity contribution is 0.156. The van der Waals surface area contributed by atoms with Gasteiger partial charge in [-0.15, -0.1) is 0 Å². The van der Waals surface area contributed by atoms with Crippen LogP contribution in [0.2, 0.25) is 0 Å². The highest BCUT2D eigenvalue weighted by molar-refractivity contribution is 4.85. The molecule has 0 radical (unpaired) electrons. The Bertz CT molecular complexity index is 176. The molecular formula is C14H30N2. The average Bonchev–Trinajstić information content (AvgIpc) is 3.06. The lowest BCUT2D eigenvalue weighted by Gasteiger charge is -2.34. The number of rotatable bonds is 9. The monoisotopic (exact) mass is 226 g/mol. The zero-order chi connectivity index (χ0) is 12.0. The van der Waals surface area contributed by atoms with Crippen molar-refractivity contribution in [2.24, 2.45) is 5.92 Å². The molecule has 2 heteroatoms. The van der Waals surface area contributed by atoms with E-state index in [2.05, 4.69) is 37.9 Å². The van der Waals surface area contributed by atoms with Crippen molar-refractivity contribution in [1.29, 1.82) is 0 Å². The Hall–Kier alpha value is -0.0800. The second-order valence-corrected chi connectivity index (χ2v) is 5.48. The predicted molar refractivity (Wildman–Crippen MR) is 71.8 cm³/mol. The van der Waals surface area contributed by atoms with Crippen LogP contribution < -0.4 is 5.32 Å². The first kappa shape index (κ1) is 14.0. The molecule has 96 valence electrons. The van der Waals surface area contributed by atoms with Crippen LogP contribution >= 0.6 is 0 Å². The predicted octanol–water partition coefficient (Wildman–Crippen LogP) is 2.89. The van der Waals surface area contributed by atoms with Crippen LogP contribution in [0.25, 0.3) is 0 Å². The number of nitrogens with one attached hydrogen (secondary N) is 1. The van der Waals surface area contributed by atoms with E-state index in [1.165, 1.54) is 45.3 Å². The number of hydrogen-bond donors (Lipinski definition) is 1. The van der Waals surface area contributed by atoms with E-state index < -0.39 is 0 Å². The van der Waals surface area contributed by atoms with Crippen LogP contribution in [-0.4, -0.2) is 36.6 Å². The second kappa shape index (κ2) is 7.29. The maximum atomic E-state index is 3.69. The molecule has 1 aliphatic carbocycles. The summed E-state index contributed by atoms with van der Waals surface area (Å²) in [7, 11) is 0. The van der Waals surface area contributed by atoms with Crippen molar-refractivity contribution in [2.45, 2.75) is 65.5 Å². The van der Waals surface area contributed by atoms with E-state index in [1.807, 2.05) is 0 Å². The summed E-state index contributed by atoms with van der Waals surface area (Å²) in [6, 6.07) is 1.56. The van der Waals surface area contributed by atoms with E-state index in [0.29, 0.717) is 0 Å². The van der Waals surface area contributed by atoms with E-state index in [4.69, 9.17) is 0 Å². The molecule has 1 fully saturated rings. The molecule has 0 aromatic carbocycles. The third-order valence-electron chi connectivity index (χ3n) is 3.64. The summed E-state index contributed by atoms with van der Waals surface area (Å²) < 4.78 is 0. The minimum Gasteiger partial charge on any atom is -0.312 e. The lowest BCUT2D eigenvalue weighted by atomic mass is 10.0. The van der Waals surface area contributed by atoms with Crippen LogP contribution in [0, 0.1) is 5.92 Å². The maximum Gasteiger partial charge on any atom is 0.0243 e. The summed E-state index contributed by atoms with van der Waals surface area (Å²) in [5, 5.41) is 3.69. The Morgan fingerprint density at radius 1 is 1.25 bits per heavy atom. The number of hydrogen-bond acceptors (Lipinski definition) is 2. The molecule has 0 spiro atoms. The van der Waals surface area contributed by atoms with Gasteiger partial charge >= 0.3 is 0 Å². The molecule has 16 heavy (non-hydrogen) atoms. The molecule has 1 N–H and O–H groups in total. The third-order valence-corrected chi connectivity index (χ3v) is 3.64. The van der Waals surface area contributed by atoms with Crippen LogP contribution in [0.15, 0.2) is 0 Å². The number of unbranched alkanes of at least 4 members (excludes halogenated alkanes) is 1. The summed E-state index contributed by atoms with van der Waals surface area (Å²) >= 11 is 0. The molecule has 1 saturated carbocycles. The van der Waals surface area contributed by atoms with Crippen molar-refractivity contribution in [3.8, 4) is 0 Å². The standard InChI is InChI=1S/C14H30N2/c1-5-7-10-16(6-2)14(12(3)4)11-15-13-8-9-13/h12-15H,5-11H2,1-4H3. The summed E-state index contributed by atoms with van der Waals surface area (Å²) in [4.78, 5) is 2.66. The van der Waals surface area contributed by atoms with Gasteiger partial charge in [-0.3, -0.25) is 4.90 Å². The largest absolute Gasteiger partial charge is 0.312 e. The van der Waals surface area contributed by atoms with Crippen molar-refractivity contribution < 1.29 is 0 Å². The highest BCUT2D eigenvalue weighted by Crippen LogP contribution is 2.20. The van der Waals surface area contributed by atoms with Gasteiger partial charge in [-0.1, -0.05) is 34.1 Å². The van der Waals surface area contributed by atoms with Gasteiger partial charge in [0.1, 0.15) is 0 Å². The fourth-order valence-electron chi connectivity index (χ4n) is 2.28. The normalized spacial score (nSPS) is 18.4. The van der Waals surface area contributed by atoms with Gasteiger partial charge in [0.2, 0.25) is 0 Å². The van der Waals surface area contributed by atoms with E-state index in [-0.39, 0.29) is 0 Å². The van der Waals surface area contributed by atoms with Gasteiger partial charge in [0.25, 0.3) is 0 Å². The zero-order valence-electron chi connectivity index (χ0n) is 11.6. The molecule has 0 aromatic heterocycles. The summed E-state index contributed by atoms with van der Waals surface area (Å²) in [5.74, 6) is 0.753. The van der Waals surface area contributed by atoms with E-state index in [0.717, 1.165) is 18.0 Å². The van der Waals surface area contributed by atoms with Gasteiger partial charge in [0.05, 0.1) is 0 Å². The summed E-state index contributed by atoms with van der Waals surface area (Å²) in [6.45, 7) is 12.9. The van der Waals surface area contributed by atoms with Gasteiger partial charge in [-0.25, -0.2) is 0 Å². The molecular weight excluding hydrogens is 196 g/mol. The third kappa shape index (κ3) is 4.84. The maximum absolute atomic E-state index is 3.69. The molecule has 0 heterocycles. The minimum absolute atomic E-state index is 0.720. The molecule has 0 amide bonds. The molecule has 1 atom stereocenters. The fraction of sp³-hybridized carbons (Fsp3) is 1.00. The first-order valence-corrected chi connectivity index (χ1v) is 7.16. The molecule has 0 aromatic rings. The van der Waals surface area contributed by atoms with Gasteiger partial charge in [-0.2, -0.15) is 0 Å². The Labute approximate surface area is 102 Å². The molecule has 1 unspecified atom stereocenters. The fourth-order valence-corrected chi connectivity index (χ4v) is 2.28. The van der Waals surface area contributed by atoms with Crippen molar-refractivity contribution in [2.75, 3.05) is 19.6 Å². The van der Waals surface area contributed by atoms with Crippen LogP contribution in [0.4, 0.5) is 0 Å². The van der Waals surface area contributed by atoms with Gasteiger partial charge in [0.15, 0.2) is 0 Å². The molecule has 1 aliphatic rings. The van der Waals surface area contributed by atoms with Crippen molar-refractivity contribution >= 4 is 0 Å². The highest BCUT2D eigenvalue weighted by Gasteiger charge is 2.25. The lowest BCUT2D eigenvalue weighted by Crippen LogP contribution is -2.46. The van der Waals surface area contributed by atoms with Crippen molar-refractivity contribution in [3.05, 3.63) is 0 Å². The molecule has 1 rings (SSSR count). The molecule has 2 nitrogen and oxygen atoms in total. The Balaban J connectivity index is 2.36. The van der Waals surface area contributed by atoms with Crippen molar-refractivity contribution in [1.82, 2.24) is 10.2 Å². The van der Waals surface area contributed by atoms with E-state index in [9.17, 15) is 0 Å². The topological polar surface area (TPSA) is 15.3 Å². The number of likely N-dealkylation sites (N-methyl/N-ethyl adjacent to an activating group) is 1. The van der Waals surface area contributed by atoms with Crippen LogP contribution in [0.3, 0.4) is 0 Å².